The van der Waals surface area contributed by atoms with Crippen molar-refractivity contribution in [1.29, 1.82) is 0 Å². The molecule has 22 heavy (non-hydrogen) atoms. The van der Waals surface area contributed by atoms with Gasteiger partial charge < -0.3 is 5.11 Å². The Kier molecular flexibility index (Phi) is 3.40. The monoisotopic (exact) mass is 292 g/mol. The van der Waals surface area contributed by atoms with Gasteiger partial charge in [-0.05, 0) is 23.0 Å². The van der Waals surface area contributed by atoms with E-state index in [0.29, 0.717) is 16.7 Å². The van der Waals surface area contributed by atoms with E-state index in [1.54, 1.807) is 12.1 Å². The van der Waals surface area contributed by atoms with E-state index in [0.717, 1.165) is 12.0 Å². The molecule has 0 saturated heterocycles. The lowest BCUT2D eigenvalue weighted by molar-refractivity contribution is 0.105. The molecule has 112 valence electrons. The first-order valence-corrected chi connectivity index (χ1v) is 7.53. The van der Waals surface area contributed by atoms with Crippen LogP contribution in [0, 0.1) is 5.41 Å². The third-order valence-corrected chi connectivity index (χ3v) is 3.87. The lowest BCUT2D eigenvalue weighted by atomic mass is 9.87. The van der Waals surface area contributed by atoms with E-state index in [2.05, 4.69) is 20.8 Å². The number of carbonyl (C=O) groups is 1. The van der Waals surface area contributed by atoms with Gasteiger partial charge in [0, 0.05) is 11.1 Å². The number of aliphatic hydroxyl groups is 1. The number of benzene rings is 2. The number of rotatable bonds is 2. The lowest BCUT2D eigenvalue weighted by Gasteiger charge is -2.18. The van der Waals surface area contributed by atoms with Crippen molar-refractivity contribution in [2.45, 2.75) is 27.2 Å². The summed E-state index contributed by atoms with van der Waals surface area (Å²) >= 11 is 0. The zero-order valence-corrected chi connectivity index (χ0v) is 13.2. The molecule has 2 aromatic rings. The van der Waals surface area contributed by atoms with Crippen LogP contribution in [-0.2, 0) is 6.42 Å². The van der Waals surface area contributed by atoms with Crippen molar-refractivity contribution in [3.8, 4) is 0 Å². The van der Waals surface area contributed by atoms with Gasteiger partial charge in [-0.1, -0.05) is 69.3 Å². The second-order valence-electron chi connectivity index (χ2n) is 7.03. The van der Waals surface area contributed by atoms with Gasteiger partial charge in [0.25, 0.3) is 0 Å². The summed E-state index contributed by atoms with van der Waals surface area (Å²) in [5, 5.41) is 10.4. The van der Waals surface area contributed by atoms with Crippen LogP contribution in [0.4, 0.5) is 0 Å². The summed E-state index contributed by atoms with van der Waals surface area (Å²) in [5.41, 5.74) is 3.84. The average molecular weight is 292 g/mol. The summed E-state index contributed by atoms with van der Waals surface area (Å²) in [6.45, 7) is 6.60. The number of hydrogen-bond donors (Lipinski definition) is 1. The second-order valence-corrected chi connectivity index (χ2v) is 7.03. The minimum Gasteiger partial charge on any atom is -0.507 e. The number of carbonyl (C=O) groups excluding carboxylic acids is 1. The Balaban J connectivity index is 1.96. The Morgan fingerprint density at radius 1 is 0.909 bits per heavy atom. The molecular weight excluding hydrogens is 272 g/mol. The second kappa shape index (κ2) is 5.13. The summed E-state index contributed by atoms with van der Waals surface area (Å²) in [4.78, 5) is 12.5. The number of hydrogen-bond acceptors (Lipinski definition) is 2. The predicted octanol–water partition coefficient (Wildman–Crippen LogP) is 4.90. The van der Waals surface area contributed by atoms with E-state index >= 15 is 0 Å². The van der Waals surface area contributed by atoms with Crippen LogP contribution in [-0.4, -0.2) is 10.9 Å². The topological polar surface area (TPSA) is 37.3 Å². The number of allylic oxidation sites excluding steroid dienone is 1. The molecule has 0 aliphatic heterocycles. The molecular formula is C20H20O2. The molecule has 2 heteroatoms. The third-order valence-electron chi connectivity index (χ3n) is 3.87. The van der Waals surface area contributed by atoms with Crippen LogP contribution in [0.15, 0.2) is 48.5 Å². The van der Waals surface area contributed by atoms with E-state index in [4.69, 9.17) is 0 Å². The molecule has 0 saturated carbocycles. The van der Waals surface area contributed by atoms with Gasteiger partial charge >= 0.3 is 0 Å². The fraction of sp³-hybridized carbons (Fsp3) is 0.250. The van der Waals surface area contributed by atoms with E-state index in [1.807, 2.05) is 36.4 Å². The van der Waals surface area contributed by atoms with Crippen molar-refractivity contribution in [2.75, 3.05) is 0 Å². The van der Waals surface area contributed by atoms with E-state index in [1.165, 1.54) is 5.56 Å². The van der Waals surface area contributed by atoms with Crippen LogP contribution < -0.4 is 0 Å². The molecule has 1 N–H and O–H groups in total. The van der Waals surface area contributed by atoms with Crippen LogP contribution in [0.25, 0.3) is 11.3 Å². The van der Waals surface area contributed by atoms with Crippen LogP contribution in [0.5, 0.6) is 0 Å². The summed E-state index contributed by atoms with van der Waals surface area (Å²) in [7, 11) is 0. The van der Waals surface area contributed by atoms with Crippen LogP contribution >= 0.6 is 0 Å². The van der Waals surface area contributed by atoms with E-state index in [-0.39, 0.29) is 17.0 Å². The Hall–Kier alpha value is -2.35. The summed E-state index contributed by atoms with van der Waals surface area (Å²) < 4.78 is 0. The highest BCUT2D eigenvalue weighted by Crippen LogP contribution is 2.36. The van der Waals surface area contributed by atoms with Crippen molar-refractivity contribution in [3.63, 3.8) is 0 Å². The maximum atomic E-state index is 12.5. The predicted molar refractivity (Wildman–Crippen MR) is 89.8 cm³/mol. The molecule has 0 aromatic heterocycles. The number of ketones is 1. The fourth-order valence-corrected chi connectivity index (χ4v) is 2.93. The molecule has 0 bridgehead atoms. The van der Waals surface area contributed by atoms with Crippen LogP contribution in [0.1, 0.15) is 47.8 Å². The molecule has 1 aliphatic rings. The SMILES string of the molecule is CC(C)(C)Cc1ccc(C2=C(O)c3ccccc3C2=O)cc1. The van der Waals surface area contributed by atoms with Crippen molar-refractivity contribution < 1.29 is 9.90 Å². The highest BCUT2D eigenvalue weighted by Gasteiger charge is 2.30. The molecule has 1 aliphatic carbocycles. The molecule has 0 radical (unpaired) electrons. The first-order valence-electron chi connectivity index (χ1n) is 7.53. The zero-order valence-electron chi connectivity index (χ0n) is 13.2. The van der Waals surface area contributed by atoms with Crippen molar-refractivity contribution >= 4 is 17.1 Å². The fourth-order valence-electron chi connectivity index (χ4n) is 2.93. The molecule has 0 unspecified atom stereocenters. The highest BCUT2D eigenvalue weighted by molar-refractivity contribution is 6.38. The van der Waals surface area contributed by atoms with Crippen LogP contribution in [0.3, 0.4) is 0 Å². The Morgan fingerprint density at radius 3 is 2.05 bits per heavy atom. The van der Waals surface area contributed by atoms with E-state index < -0.39 is 0 Å². The molecule has 3 rings (SSSR count). The minimum absolute atomic E-state index is 0.0872. The average Bonchev–Trinajstić information content (AvgIpc) is 2.71. The normalized spacial score (nSPS) is 14.4. The Bertz CT molecular complexity index is 759. The number of Topliss-reactive ketones (excluding diaryl/α,β-unsaturated/α-hetero) is 1. The Morgan fingerprint density at radius 2 is 1.50 bits per heavy atom. The molecule has 0 amide bonds. The summed E-state index contributed by atoms with van der Waals surface area (Å²) in [5.74, 6) is -0.0131. The molecule has 0 fully saturated rings. The number of aliphatic hydroxyl groups excluding tert-OH is 1. The van der Waals surface area contributed by atoms with Gasteiger partial charge in [0.2, 0.25) is 0 Å². The molecule has 0 heterocycles. The number of fused-ring (bicyclic) bond motifs is 1. The minimum atomic E-state index is -0.100. The van der Waals surface area contributed by atoms with E-state index in [9.17, 15) is 9.90 Å². The van der Waals surface area contributed by atoms with Gasteiger partial charge in [0.1, 0.15) is 5.76 Å². The van der Waals surface area contributed by atoms with Crippen LogP contribution in [0.2, 0.25) is 0 Å². The van der Waals surface area contributed by atoms with Gasteiger partial charge in [-0.15, -0.1) is 0 Å². The molecule has 0 atom stereocenters. The maximum Gasteiger partial charge on any atom is 0.198 e. The Labute approximate surface area is 131 Å². The standard InChI is InChI=1S/C20H20O2/c1-20(2,3)12-13-8-10-14(11-9-13)17-18(21)15-6-4-5-7-16(15)19(17)22/h4-11,21H,12H2,1-3H3. The maximum absolute atomic E-state index is 12.5. The summed E-state index contributed by atoms with van der Waals surface area (Å²) in [6.07, 6.45) is 0.979. The van der Waals surface area contributed by atoms with Gasteiger partial charge in [-0.3, -0.25) is 4.79 Å². The lowest BCUT2D eigenvalue weighted by Crippen LogP contribution is -2.09. The third kappa shape index (κ3) is 2.57. The molecule has 0 spiro atoms. The smallest absolute Gasteiger partial charge is 0.198 e. The molecule has 2 aromatic carbocycles. The molecule has 2 nitrogen and oxygen atoms in total. The largest absolute Gasteiger partial charge is 0.507 e. The quantitative estimate of drug-likeness (QED) is 0.855. The van der Waals surface area contributed by atoms with Gasteiger partial charge in [-0.2, -0.15) is 0 Å². The zero-order chi connectivity index (χ0) is 15.9. The van der Waals surface area contributed by atoms with Crippen molar-refractivity contribution in [3.05, 3.63) is 70.8 Å². The first kappa shape index (κ1) is 14.6. The highest BCUT2D eigenvalue weighted by atomic mass is 16.3. The van der Waals surface area contributed by atoms with Crippen molar-refractivity contribution in [2.24, 2.45) is 5.41 Å². The van der Waals surface area contributed by atoms with Crippen molar-refractivity contribution in [1.82, 2.24) is 0 Å². The first-order chi connectivity index (χ1) is 10.4. The van der Waals surface area contributed by atoms with Gasteiger partial charge in [0.15, 0.2) is 5.78 Å². The summed E-state index contributed by atoms with van der Waals surface area (Å²) in [6, 6.07) is 15.1. The van der Waals surface area contributed by atoms with Gasteiger partial charge in [-0.25, -0.2) is 0 Å². The van der Waals surface area contributed by atoms with Gasteiger partial charge in [0.05, 0.1) is 5.57 Å².